The summed E-state index contributed by atoms with van der Waals surface area (Å²) in [6, 6.07) is 15.4. The molecule has 1 aliphatic heterocycles. The van der Waals surface area contributed by atoms with Gasteiger partial charge in [-0.2, -0.15) is 0 Å². The highest BCUT2D eigenvalue weighted by Gasteiger charge is 2.34. The molecule has 39 heavy (non-hydrogen) atoms. The number of rotatable bonds is 6. The number of thiazole rings is 1. The minimum atomic E-state index is -0.642. The highest BCUT2D eigenvalue weighted by Crippen LogP contribution is 2.32. The third kappa shape index (κ3) is 5.24. The number of furan rings is 1. The van der Waals surface area contributed by atoms with Crippen molar-refractivity contribution in [2.75, 3.05) is 13.1 Å². The van der Waals surface area contributed by atoms with E-state index >= 15 is 0 Å². The summed E-state index contributed by atoms with van der Waals surface area (Å²) in [6.45, 7) is 6.76. The van der Waals surface area contributed by atoms with Crippen LogP contribution in [0.4, 0.5) is 0 Å². The lowest BCUT2D eigenvalue weighted by Crippen LogP contribution is -2.43. The average molecular weight is 601 g/mol. The fourth-order valence-electron chi connectivity index (χ4n) is 4.60. The molecular weight excluding hydrogens is 577 g/mol. The number of allylic oxidation sites excluding steroid dienone is 1. The van der Waals surface area contributed by atoms with Crippen molar-refractivity contribution in [2.24, 2.45) is 4.99 Å². The van der Waals surface area contributed by atoms with Crippen LogP contribution in [0.1, 0.15) is 38.1 Å². The summed E-state index contributed by atoms with van der Waals surface area (Å²) in [5.74, 6) is 0.946. The molecule has 0 spiro atoms. The van der Waals surface area contributed by atoms with Gasteiger partial charge in [0.05, 0.1) is 31.9 Å². The molecule has 0 fully saturated rings. The van der Waals surface area contributed by atoms with Gasteiger partial charge >= 0.3 is 0 Å². The van der Waals surface area contributed by atoms with E-state index in [1.165, 1.54) is 11.3 Å². The molecule has 2 aromatic carbocycles. The second kappa shape index (κ2) is 11.2. The summed E-state index contributed by atoms with van der Waals surface area (Å²) in [5.41, 5.74) is 2.34. The fourth-order valence-corrected chi connectivity index (χ4v) is 6.05. The first kappa shape index (κ1) is 27.5. The van der Waals surface area contributed by atoms with Gasteiger partial charge in [-0.3, -0.25) is 14.2 Å². The Hall–Kier alpha value is -3.10. The van der Waals surface area contributed by atoms with Crippen LogP contribution >= 0.6 is 46.1 Å². The Balaban J connectivity index is 1.63. The van der Waals surface area contributed by atoms with Crippen LogP contribution in [0.25, 0.3) is 17.4 Å². The first-order chi connectivity index (χ1) is 18.7. The predicted molar refractivity (Wildman–Crippen MR) is 157 cm³/mol. The van der Waals surface area contributed by atoms with Gasteiger partial charge < -0.3 is 9.32 Å². The summed E-state index contributed by atoms with van der Waals surface area (Å²) in [4.78, 5) is 34.4. The predicted octanol–water partition coefficient (Wildman–Crippen LogP) is 6.32. The Morgan fingerprint density at radius 3 is 2.44 bits per heavy atom. The van der Waals surface area contributed by atoms with E-state index in [9.17, 15) is 9.59 Å². The number of amides is 1. The van der Waals surface area contributed by atoms with Crippen LogP contribution in [0.5, 0.6) is 0 Å². The zero-order valence-electron chi connectivity index (χ0n) is 21.4. The van der Waals surface area contributed by atoms with E-state index in [-0.39, 0.29) is 11.5 Å². The van der Waals surface area contributed by atoms with E-state index in [2.05, 4.69) is 0 Å². The average Bonchev–Trinajstić information content (AvgIpc) is 3.50. The molecule has 5 rings (SSSR count). The number of aromatic nitrogens is 1. The molecular formula is C29H24Cl3N3O3S. The number of hydrogen-bond donors (Lipinski definition) is 0. The topological polar surface area (TPSA) is 67.8 Å². The van der Waals surface area contributed by atoms with Gasteiger partial charge in [0.25, 0.3) is 11.5 Å². The molecule has 1 aliphatic rings. The van der Waals surface area contributed by atoms with E-state index in [4.69, 9.17) is 44.2 Å². The van der Waals surface area contributed by atoms with Crippen molar-refractivity contribution >= 4 is 58.1 Å². The number of likely N-dealkylation sites (N-methyl/N-ethyl adjacent to an activating group) is 1. The lowest BCUT2D eigenvalue weighted by Gasteiger charge is -2.29. The molecule has 1 amide bonds. The van der Waals surface area contributed by atoms with Crippen molar-refractivity contribution in [3.8, 4) is 11.3 Å². The Bertz CT molecular complexity index is 1780. The monoisotopic (exact) mass is 599 g/mol. The van der Waals surface area contributed by atoms with Crippen molar-refractivity contribution in [3.63, 3.8) is 0 Å². The van der Waals surface area contributed by atoms with Crippen molar-refractivity contribution in [2.45, 2.75) is 26.8 Å². The number of nitrogens with zero attached hydrogens (tertiary/aromatic N) is 3. The lowest BCUT2D eigenvalue weighted by molar-refractivity contribution is -0.127. The molecule has 10 heteroatoms. The molecule has 2 aromatic heterocycles. The minimum absolute atomic E-state index is 0.146. The second-order valence-electron chi connectivity index (χ2n) is 8.94. The van der Waals surface area contributed by atoms with Gasteiger partial charge in [0.1, 0.15) is 11.5 Å². The zero-order chi connectivity index (χ0) is 27.8. The summed E-state index contributed by atoms with van der Waals surface area (Å²) in [7, 11) is 0. The van der Waals surface area contributed by atoms with Crippen molar-refractivity contribution in [1.29, 1.82) is 0 Å². The molecule has 0 unspecified atom stereocenters. The maximum absolute atomic E-state index is 13.8. The first-order valence-corrected chi connectivity index (χ1v) is 14.3. The van der Waals surface area contributed by atoms with Gasteiger partial charge in [0.15, 0.2) is 4.80 Å². The molecule has 0 saturated heterocycles. The van der Waals surface area contributed by atoms with Crippen LogP contribution in [0.15, 0.2) is 80.1 Å². The van der Waals surface area contributed by atoms with E-state index in [0.717, 1.165) is 11.1 Å². The SMILES string of the molecule is CCN(CC)C(=O)C1=C(C)N=c2s/c(=C/c3ccc(-c4ccc(Cl)c(Cl)c4)o3)c(=O)n2[C@H]1c1ccc(Cl)cc1. The minimum Gasteiger partial charge on any atom is -0.457 e. The molecule has 3 heterocycles. The molecule has 4 aromatic rings. The normalized spacial score (nSPS) is 15.3. The zero-order valence-corrected chi connectivity index (χ0v) is 24.5. The van der Waals surface area contributed by atoms with Crippen molar-refractivity contribution < 1.29 is 9.21 Å². The van der Waals surface area contributed by atoms with Crippen LogP contribution in [0.3, 0.4) is 0 Å². The maximum Gasteiger partial charge on any atom is 0.271 e. The van der Waals surface area contributed by atoms with Crippen LogP contribution < -0.4 is 14.9 Å². The lowest BCUT2D eigenvalue weighted by atomic mass is 9.94. The van der Waals surface area contributed by atoms with Gasteiger partial charge in [0.2, 0.25) is 0 Å². The van der Waals surface area contributed by atoms with E-state index in [1.807, 2.05) is 45.0 Å². The second-order valence-corrected chi connectivity index (χ2v) is 11.2. The molecule has 0 N–H and O–H groups in total. The van der Waals surface area contributed by atoms with E-state index < -0.39 is 6.04 Å². The van der Waals surface area contributed by atoms with Gasteiger partial charge in [-0.15, -0.1) is 0 Å². The van der Waals surface area contributed by atoms with Crippen molar-refractivity contribution in [3.05, 3.63) is 112 Å². The van der Waals surface area contributed by atoms with Crippen LogP contribution in [-0.2, 0) is 4.79 Å². The molecule has 0 radical (unpaired) electrons. The van der Waals surface area contributed by atoms with Crippen LogP contribution in [0, 0.1) is 0 Å². The number of fused-ring (bicyclic) bond motifs is 1. The third-order valence-electron chi connectivity index (χ3n) is 6.59. The van der Waals surface area contributed by atoms with Crippen LogP contribution in [0.2, 0.25) is 15.1 Å². The number of halogens is 3. The summed E-state index contributed by atoms with van der Waals surface area (Å²) in [5, 5.41) is 1.45. The van der Waals surface area contributed by atoms with E-state index in [1.54, 1.807) is 45.9 Å². The van der Waals surface area contributed by atoms with E-state index in [0.29, 0.717) is 60.3 Å². The summed E-state index contributed by atoms with van der Waals surface area (Å²) in [6.07, 6.45) is 1.69. The van der Waals surface area contributed by atoms with Crippen molar-refractivity contribution in [1.82, 2.24) is 9.47 Å². The Morgan fingerprint density at radius 1 is 1.05 bits per heavy atom. The largest absolute Gasteiger partial charge is 0.457 e. The Labute approximate surface area is 244 Å². The maximum atomic E-state index is 13.8. The number of carbonyl (C=O) groups is 1. The van der Waals surface area contributed by atoms with Gasteiger partial charge in [-0.1, -0.05) is 58.3 Å². The summed E-state index contributed by atoms with van der Waals surface area (Å²) < 4.78 is 8.03. The Morgan fingerprint density at radius 2 is 1.77 bits per heavy atom. The highest BCUT2D eigenvalue weighted by atomic mass is 35.5. The smallest absolute Gasteiger partial charge is 0.271 e. The third-order valence-corrected chi connectivity index (χ3v) is 8.57. The van der Waals surface area contributed by atoms with Gasteiger partial charge in [-0.25, -0.2) is 4.99 Å². The molecule has 0 saturated carbocycles. The van der Waals surface area contributed by atoms with Gasteiger partial charge in [0, 0.05) is 29.8 Å². The fraction of sp³-hybridized carbons (Fsp3) is 0.207. The quantitative estimate of drug-likeness (QED) is 0.260. The summed E-state index contributed by atoms with van der Waals surface area (Å²) >= 11 is 19.6. The first-order valence-electron chi connectivity index (χ1n) is 12.3. The molecule has 6 nitrogen and oxygen atoms in total. The standard InChI is InChI=1S/C29H24Cl3N3O3S/c1-4-34(5-2)28(37)25-16(3)33-29-35(26(25)17-6-9-19(30)10-7-17)27(36)24(39-29)15-20-11-13-23(38-20)18-8-12-21(31)22(32)14-18/h6-15,26H,4-5H2,1-3H3/b24-15+/t26-/m0/s1. The van der Waals surface area contributed by atoms with Crippen LogP contribution in [-0.4, -0.2) is 28.5 Å². The Kier molecular flexibility index (Phi) is 7.87. The molecule has 1 atom stereocenters. The van der Waals surface area contributed by atoms with Gasteiger partial charge in [-0.05, 0) is 68.8 Å². The molecule has 0 bridgehead atoms. The number of benzene rings is 2. The molecule has 0 aliphatic carbocycles. The number of carbonyl (C=O) groups excluding carboxylic acids is 1. The highest BCUT2D eigenvalue weighted by molar-refractivity contribution is 7.07. The molecule has 200 valence electrons. The number of hydrogen-bond acceptors (Lipinski definition) is 5.